The van der Waals surface area contributed by atoms with E-state index in [4.69, 9.17) is 17.8 Å². The van der Waals surface area contributed by atoms with Crippen molar-refractivity contribution in [2.24, 2.45) is 7.05 Å². The normalized spacial score (nSPS) is 16.9. The standard InChI is InChI=1S/C27H29N2O/c1-15(2)19-11-18(6)29(8)24(14-19)25-17(5)9-10-21-22-12-20(16(3)4)13-23(28-7)26(22)30-27(21)25/h9-16H,1-6,8H3/q+1/i3D3,15D,16D. The summed E-state index contributed by atoms with van der Waals surface area (Å²) in [5.74, 6) is -2.67. The van der Waals surface area contributed by atoms with Crippen molar-refractivity contribution < 1.29 is 15.8 Å². The molecular weight excluding hydrogens is 368 g/mol. The van der Waals surface area contributed by atoms with E-state index in [1.165, 1.54) is 13.0 Å². The lowest BCUT2D eigenvalue weighted by Crippen LogP contribution is -2.35. The fourth-order valence-electron chi connectivity index (χ4n) is 3.97. The van der Waals surface area contributed by atoms with Crippen LogP contribution < -0.4 is 4.57 Å². The lowest BCUT2D eigenvalue weighted by molar-refractivity contribution is -0.666. The van der Waals surface area contributed by atoms with Crippen LogP contribution in [0.15, 0.2) is 40.8 Å². The summed E-state index contributed by atoms with van der Waals surface area (Å²) in [4.78, 5) is 3.61. The van der Waals surface area contributed by atoms with Gasteiger partial charge in [-0.2, -0.15) is 4.57 Å². The lowest BCUT2D eigenvalue weighted by Gasteiger charge is -2.11. The van der Waals surface area contributed by atoms with Crippen molar-refractivity contribution in [1.82, 2.24) is 0 Å². The van der Waals surface area contributed by atoms with Crippen LogP contribution >= 0.6 is 0 Å². The van der Waals surface area contributed by atoms with Gasteiger partial charge in [-0.25, -0.2) is 4.85 Å². The maximum Gasteiger partial charge on any atom is 0.229 e. The summed E-state index contributed by atoms with van der Waals surface area (Å²) in [6, 6.07) is 11.0. The van der Waals surface area contributed by atoms with Crippen LogP contribution in [0.25, 0.3) is 38.0 Å². The Balaban J connectivity index is 2.12. The van der Waals surface area contributed by atoms with Crippen LogP contribution in [0.3, 0.4) is 0 Å². The minimum absolute atomic E-state index is 0.182. The highest BCUT2D eigenvalue weighted by Gasteiger charge is 2.24. The molecule has 1 unspecified atom stereocenters. The second-order valence-corrected chi connectivity index (χ2v) is 8.17. The zero-order valence-corrected chi connectivity index (χ0v) is 18.3. The van der Waals surface area contributed by atoms with Gasteiger partial charge in [-0.1, -0.05) is 45.3 Å². The molecular formula is C27H29N2O+. The molecule has 2 heterocycles. The Bertz CT molecular complexity index is 1530. The van der Waals surface area contributed by atoms with Gasteiger partial charge < -0.3 is 4.42 Å². The molecule has 0 amide bonds. The number of rotatable bonds is 3. The first-order chi connectivity index (χ1) is 16.1. The van der Waals surface area contributed by atoms with Crippen molar-refractivity contribution in [3.05, 3.63) is 70.2 Å². The van der Waals surface area contributed by atoms with E-state index in [1.807, 2.05) is 59.0 Å². The Labute approximate surface area is 185 Å². The number of aromatic nitrogens is 1. The van der Waals surface area contributed by atoms with Crippen molar-refractivity contribution in [1.29, 1.82) is 0 Å². The van der Waals surface area contributed by atoms with E-state index in [0.717, 1.165) is 33.5 Å². The Hall–Kier alpha value is -3.12. The molecule has 0 saturated carbocycles. The molecule has 1 atom stereocenters. The summed E-state index contributed by atoms with van der Waals surface area (Å²) in [6.07, 6.45) is 0. The predicted octanol–water partition coefficient (Wildman–Crippen LogP) is 7.49. The van der Waals surface area contributed by atoms with Crippen LogP contribution in [0.1, 0.15) is 68.6 Å². The fraction of sp³-hybridized carbons (Fsp3) is 0.333. The van der Waals surface area contributed by atoms with E-state index in [1.54, 1.807) is 6.07 Å². The average Bonchev–Trinajstić information content (AvgIpc) is 3.12. The third-order valence-corrected chi connectivity index (χ3v) is 5.86. The Morgan fingerprint density at radius 2 is 1.73 bits per heavy atom. The summed E-state index contributed by atoms with van der Waals surface area (Å²) in [7, 11) is 1.97. The van der Waals surface area contributed by atoms with Crippen molar-refractivity contribution in [3.63, 3.8) is 0 Å². The van der Waals surface area contributed by atoms with Crippen LogP contribution in [0, 0.1) is 20.4 Å². The first kappa shape index (κ1) is 14.8. The summed E-state index contributed by atoms with van der Waals surface area (Å²) in [5, 5.41) is 1.37. The van der Waals surface area contributed by atoms with Gasteiger partial charge in [0.15, 0.2) is 5.69 Å². The maximum absolute atomic E-state index is 8.56. The number of fused-ring (bicyclic) bond motifs is 3. The zero-order chi connectivity index (χ0) is 26.1. The summed E-state index contributed by atoms with van der Waals surface area (Å²) >= 11 is 0. The third kappa shape index (κ3) is 3.08. The molecule has 30 heavy (non-hydrogen) atoms. The van der Waals surface area contributed by atoms with Crippen molar-refractivity contribution in [2.75, 3.05) is 0 Å². The van der Waals surface area contributed by atoms with Gasteiger partial charge in [-0.15, -0.1) is 0 Å². The third-order valence-electron chi connectivity index (χ3n) is 5.86. The highest BCUT2D eigenvalue weighted by atomic mass is 16.3. The molecule has 0 spiro atoms. The van der Waals surface area contributed by atoms with Crippen LogP contribution in [0.5, 0.6) is 0 Å². The molecule has 0 bridgehead atoms. The number of nitrogens with zero attached hydrogens (tertiary/aromatic N) is 2. The highest BCUT2D eigenvalue weighted by Crippen LogP contribution is 2.42. The summed E-state index contributed by atoms with van der Waals surface area (Å²) in [6.45, 7) is 14.2. The van der Waals surface area contributed by atoms with Gasteiger partial charge in [0, 0.05) is 36.7 Å². The molecule has 2 aromatic carbocycles. The molecule has 2 aromatic heterocycles. The van der Waals surface area contributed by atoms with Crippen molar-refractivity contribution in [2.45, 2.75) is 53.3 Å². The molecule has 0 aliphatic heterocycles. The monoisotopic (exact) mass is 402 g/mol. The molecule has 0 saturated heterocycles. The lowest BCUT2D eigenvalue weighted by atomic mass is 9.95. The number of hydrogen-bond donors (Lipinski definition) is 0. The van der Waals surface area contributed by atoms with Crippen molar-refractivity contribution >= 4 is 27.6 Å². The minimum Gasteiger partial charge on any atom is -0.466 e. The molecule has 0 aliphatic carbocycles. The van der Waals surface area contributed by atoms with E-state index in [-0.39, 0.29) is 11.3 Å². The van der Waals surface area contributed by atoms with Gasteiger partial charge in [0.25, 0.3) is 0 Å². The molecule has 0 aliphatic rings. The van der Waals surface area contributed by atoms with Gasteiger partial charge in [0.1, 0.15) is 18.2 Å². The van der Waals surface area contributed by atoms with Crippen LogP contribution in [0.2, 0.25) is 0 Å². The number of furan rings is 1. The second-order valence-electron chi connectivity index (χ2n) is 8.17. The maximum atomic E-state index is 8.56. The van der Waals surface area contributed by atoms with Gasteiger partial charge in [-0.05, 0) is 42.0 Å². The van der Waals surface area contributed by atoms with Gasteiger partial charge in [-0.3, -0.25) is 0 Å². The van der Waals surface area contributed by atoms with E-state index in [2.05, 4.69) is 9.41 Å². The topological polar surface area (TPSA) is 21.4 Å². The van der Waals surface area contributed by atoms with Gasteiger partial charge in [0.05, 0.1) is 12.1 Å². The zero-order valence-electron chi connectivity index (χ0n) is 23.3. The average molecular weight is 403 g/mol. The largest absolute Gasteiger partial charge is 0.466 e. The molecule has 0 fully saturated rings. The Morgan fingerprint density at radius 1 is 1.00 bits per heavy atom. The smallest absolute Gasteiger partial charge is 0.229 e. The molecule has 0 radical (unpaired) electrons. The summed E-state index contributed by atoms with van der Waals surface area (Å²) < 4.78 is 49.1. The number of pyridine rings is 1. The van der Waals surface area contributed by atoms with Crippen molar-refractivity contribution in [3.8, 4) is 11.3 Å². The van der Waals surface area contributed by atoms with Crippen LogP contribution in [-0.4, -0.2) is 0 Å². The Kier molecular flexibility index (Phi) is 3.60. The van der Waals surface area contributed by atoms with Crippen LogP contribution in [-0.2, 0) is 7.05 Å². The van der Waals surface area contributed by atoms with Gasteiger partial charge in [0.2, 0.25) is 11.4 Å². The van der Waals surface area contributed by atoms with E-state index >= 15 is 0 Å². The molecule has 4 aromatic rings. The summed E-state index contributed by atoms with van der Waals surface area (Å²) in [5.41, 5.74) is 6.00. The highest BCUT2D eigenvalue weighted by molar-refractivity contribution is 6.13. The number of benzene rings is 2. The van der Waals surface area contributed by atoms with Gasteiger partial charge >= 0.3 is 0 Å². The van der Waals surface area contributed by atoms with E-state index in [9.17, 15) is 0 Å². The quantitative estimate of drug-likeness (QED) is 0.257. The SMILES string of the molecule is [2H]C(C)(C)c1cc(C)[n+](C)c(-c2c(C)ccc3c2oc2c([N+]#[C-])cc(C([2H])(C)C([2H])([2H])[2H])cc23)c1. The predicted molar refractivity (Wildman–Crippen MR) is 124 cm³/mol. The minimum atomic E-state index is -2.56. The first-order valence-corrected chi connectivity index (χ1v) is 9.97. The molecule has 0 N–H and O–H groups in total. The first-order valence-electron chi connectivity index (χ1n) is 12.5. The van der Waals surface area contributed by atoms with E-state index < -0.39 is 18.6 Å². The Morgan fingerprint density at radius 3 is 2.40 bits per heavy atom. The second kappa shape index (κ2) is 7.29. The molecule has 3 heteroatoms. The van der Waals surface area contributed by atoms with E-state index in [0.29, 0.717) is 16.6 Å². The molecule has 3 nitrogen and oxygen atoms in total. The number of aryl methyl sites for hydroxylation is 2. The number of hydrogen-bond acceptors (Lipinski definition) is 1. The fourth-order valence-corrected chi connectivity index (χ4v) is 3.97. The van der Waals surface area contributed by atoms with Crippen LogP contribution in [0.4, 0.5) is 5.69 Å². The molecule has 152 valence electrons. The molecule has 4 rings (SSSR count).